The third kappa shape index (κ3) is 4.59. The fraction of sp³-hybridized carbons (Fsp3) is 0.300. The normalized spacial score (nSPS) is 14.6. The number of aromatic amines is 1. The Morgan fingerprint density at radius 1 is 1.10 bits per heavy atom. The van der Waals surface area contributed by atoms with E-state index in [4.69, 9.17) is 4.52 Å². The number of hydrogen-bond acceptors (Lipinski definition) is 7. The minimum Gasteiger partial charge on any atom is -0.341 e. The molecule has 0 radical (unpaired) electrons. The number of rotatable bonds is 5. The van der Waals surface area contributed by atoms with Crippen LogP contribution in [0.4, 0.5) is 0 Å². The standard InChI is InChI=1S/C30H31N7O2/c1-16-12-19(7-8-21(16)17(2)34-27(38)28-36-29(37-39-28)30(3,4)5)25-24-22-9-6-18(20-10-11-31-14-20)13-23(22)35-26(24)33-15-32-25/h6-10,12-13,15,17,31H,11,14H2,1-5H3,(H,34,38)(H,32,33,35)/t17-/m1/s1. The Balaban J connectivity index is 1.29. The van der Waals surface area contributed by atoms with Gasteiger partial charge in [-0.2, -0.15) is 4.98 Å². The van der Waals surface area contributed by atoms with Gasteiger partial charge in [0.2, 0.25) is 0 Å². The Morgan fingerprint density at radius 2 is 1.92 bits per heavy atom. The summed E-state index contributed by atoms with van der Waals surface area (Å²) in [6.45, 7) is 11.7. The summed E-state index contributed by atoms with van der Waals surface area (Å²) in [5, 5.41) is 12.4. The van der Waals surface area contributed by atoms with Crippen molar-refractivity contribution in [3.8, 4) is 11.3 Å². The molecule has 0 aliphatic carbocycles. The molecule has 1 aliphatic heterocycles. The molecule has 3 N–H and O–H groups in total. The van der Waals surface area contributed by atoms with E-state index in [-0.39, 0.29) is 17.3 Å². The number of hydrogen-bond donors (Lipinski definition) is 3. The average molecular weight is 522 g/mol. The van der Waals surface area contributed by atoms with Crippen LogP contribution in [0.1, 0.15) is 66.9 Å². The van der Waals surface area contributed by atoms with Crippen LogP contribution < -0.4 is 10.6 Å². The van der Waals surface area contributed by atoms with Gasteiger partial charge in [0.25, 0.3) is 0 Å². The van der Waals surface area contributed by atoms with Crippen molar-refractivity contribution < 1.29 is 9.32 Å². The molecule has 3 aromatic heterocycles. The first kappa shape index (κ1) is 24.9. The van der Waals surface area contributed by atoms with Crippen molar-refractivity contribution in [3.05, 3.63) is 77.2 Å². The van der Waals surface area contributed by atoms with E-state index in [9.17, 15) is 4.79 Å². The quantitative estimate of drug-likeness (QED) is 0.289. The molecule has 0 bridgehead atoms. The van der Waals surface area contributed by atoms with E-state index in [0.29, 0.717) is 5.82 Å². The second-order valence-corrected chi connectivity index (χ2v) is 11.1. The first-order chi connectivity index (χ1) is 18.7. The molecule has 198 valence electrons. The van der Waals surface area contributed by atoms with Gasteiger partial charge in [-0.25, -0.2) is 9.97 Å². The number of carbonyl (C=O) groups is 1. The predicted octanol–water partition coefficient (Wildman–Crippen LogP) is 5.24. The number of nitrogens with one attached hydrogen (secondary N) is 3. The highest BCUT2D eigenvalue weighted by molar-refractivity contribution is 6.12. The van der Waals surface area contributed by atoms with Gasteiger partial charge < -0.3 is 20.1 Å². The van der Waals surface area contributed by atoms with Crippen LogP contribution in [-0.4, -0.2) is 44.1 Å². The van der Waals surface area contributed by atoms with Crippen LogP contribution in [0.2, 0.25) is 0 Å². The van der Waals surface area contributed by atoms with Gasteiger partial charge in [0.05, 0.1) is 17.1 Å². The fourth-order valence-electron chi connectivity index (χ4n) is 5.11. The van der Waals surface area contributed by atoms with Crippen molar-refractivity contribution in [2.75, 3.05) is 13.1 Å². The van der Waals surface area contributed by atoms with Crippen molar-refractivity contribution in [1.82, 2.24) is 35.7 Å². The molecule has 0 spiro atoms. The Kier molecular flexibility index (Phi) is 6.03. The Bertz CT molecular complexity index is 1760. The van der Waals surface area contributed by atoms with Gasteiger partial charge in [0, 0.05) is 35.0 Å². The second kappa shape index (κ2) is 9.43. The van der Waals surface area contributed by atoms with Gasteiger partial charge in [0.15, 0.2) is 5.82 Å². The maximum absolute atomic E-state index is 12.8. The molecule has 2 aromatic carbocycles. The highest BCUT2D eigenvalue weighted by atomic mass is 16.5. The summed E-state index contributed by atoms with van der Waals surface area (Å²) in [7, 11) is 0. The number of amides is 1. The molecular weight excluding hydrogens is 490 g/mol. The van der Waals surface area contributed by atoms with E-state index in [2.05, 4.69) is 66.1 Å². The molecule has 1 aliphatic rings. The average Bonchev–Trinajstić information content (AvgIpc) is 3.67. The first-order valence-electron chi connectivity index (χ1n) is 13.1. The topological polar surface area (TPSA) is 122 Å². The van der Waals surface area contributed by atoms with Gasteiger partial charge in [-0.3, -0.25) is 4.79 Å². The van der Waals surface area contributed by atoms with Crippen molar-refractivity contribution in [1.29, 1.82) is 0 Å². The number of H-pyrrole nitrogens is 1. The van der Waals surface area contributed by atoms with Gasteiger partial charge in [-0.1, -0.05) is 56.3 Å². The van der Waals surface area contributed by atoms with Crippen molar-refractivity contribution >= 4 is 33.4 Å². The Labute approximate surface area is 226 Å². The summed E-state index contributed by atoms with van der Waals surface area (Å²) in [5.41, 5.74) is 7.95. The summed E-state index contributed by atoms with van der Waals surface area (Å²) >= 11 is 0. The number of fused-ring (bicyclic) bond motifs is 3. The highest BCUT2D eigenvalue weighted by Crippen LogP contribution is 2.34. The molecule has 0 fully saturated rings. The smallest absolute Gasteiger partial charge is 0.315 e. The molecule has 0 unspecified atom stereocenters. The number of aryl methyl sites for hydroxylation is 1. The predicted molar refractivity (Wildman–Crippen MR) is 151 cm³/mol. The molecule has 5 aromatic rings. The zero-order valence-electron chi connectivity index (χ0n) is 22.7. The lowest BCUT2D eigenvalue weighted by Gasteiger charge is -2.16. The van der Waals surface area contributed by atoms with Crippen LogP contribution in [0.5, 0.6) is 0 Å². The fourth-order valence-corrected chi connectivity index (χ4v) is 5.11. The summed E-state index contributed by atoms with van der Waals surface area (Å²) in [6.07, 6.45) is 3.83. The van der Waals surface area contributed by atoms with Crippen molar-refractivity contribution in [2.24, 2.45) is 0 Å². The molecule has 39 heavy (non-hydrogen) atoms. The highest BCUT2D eigenvalue weighted by Gasteiger charge is 2.25. The minimum atomic E-state index is -0.395. The zero-order valence-corrected chi connectivity index (χ0v) is 22.7. The van der Waals surface area contributed by atoms with Crippen molar-refractivity contribution in [3.63, 3.8) is 0 Å². The van der Waals surface area contributed by atoms with E-state index in [1.54, 1.807) is 6.33 Å². The molecule has 1 atom stereocenters. The molecule has 0 saturated heterocycles. The number of benzene rings is 2. The summed E-state index contributed by atoms with van der Waals surface area (Å²) in [5.74, 6) is 0.0688. The minimum absolute atomic E-state index is 0.0348. The van der Waals surface area contributed by atoms with Crippen LogP contribution in [-0.2, 0) is 5.41 Å². The van der Waals surface area contributed by atoms with E-state index >= 15 is 0 Å². The van der Waals surface area contributed by atoms with E-state index in [1.807, 2.05) is 46.8 Å². The maximum atomic E-state index is 12.8. The van der Waals surface area contributed by atoms with Gasteiger partial charge in [0.1, 0.15) is 12.0 Å². The van der Waals surface area contributed by atoms with Crippen LogP contribution in [0.15, 0.2) is 53.3 Å². The Hall–Kier alpha value is -4.37. The summed E-state index contributed by atoms with van der Waals surface area (Å²) in [6, 6.07) is 12.4. The van der Waals surface area contributed by atoms with Gasteiger partial charge >= 0.3 is 11.8 Å². The molecule has 9 nitrogen and oxygen atoms in total. The van der Waals surface area contributed by atoms with Crippen LogP contribution >= 0.6 is 0 Å². The third-order valence-corrected chi connectivity index (χ3v) is 7.22. The van der Waals surface area contributed by atoms with Crippen molar-refractivity contribution in [2.45, 2.75) is 46.1 Å². The maximum Gasteiger partial charge on any atom is 0.315 e. The van der Waals surface area contributed by atoms with E-state index in [0.717, 1.165) is 57.4 Å². The lowest BCUT2D eigenvalue weighted by atomic mass is 9.96. The Morgan fingerprint density at radius 3 is 2.64 bits per heavy atom. The lowest BCUT2D eigenvalue weighted by Crippen LogP contribution is -2.27. The monoisotopic (exact) mass is 521 g/mol. The second-order valence-electron chi connectivity index (χ2n) is 11.1. The largest absolute Gasteiger partial charge is 0.341 e. The first-order valence-corrected chi connectivity index (χ1v) is 13.1. The van der Waals surface area contributed by atoms with Crippen LogP contribution in [0.3, 0.4) is 0 Å². The number of aromatic nitrogens is 5. The van der Waals surface area contributed by atoms with Gasteiger partial charge in [-0.05, 0) is 48.2 Å². The van der Waals surface area contributed by atoms with E-state index < -0.39 is 5.91 Å². The zero-order chi connectivity index (χ0) is 27.3. The third-order valence-electron chi connectivity index (χ3n) is 7.22. The molecule has 9 heteroatoms. The molecule has 6 rings (SSSR count). The lowest BCUT2D eigenvalue weighted by molar-refractivity contribution is 0.0895. The molecule has 1 amide bonds. The number of carbonyl (C=O) groups excluding carboxylic acids is 1. The van der Waals surface area contributed by atoms with Crippen LogP contribution in [0.25, 0.3) is 38.8 Å². The molecule has 0 saturated carbocycles. The molecule has 4 heterocycles. The SMILES string of the molecule is Cc1cc(-c2ncnc3[nH]c4cc(C5=CCNC5)ccc4c23)ccc1[C@@H](C)NC(=O)c1nc(C(C)(C)C)no1. The van der Waals surface area contributed by atoms with E-state index in [1.165, 1.54) is 11.1 Å². The van der Waals surface area contributed by atoms with Crippen LogP contribution in [0, 0.1) is 6.92 Å². The summed E-state index contributed by atoms with van der Waals surface area (Å²) < 4.78 is 5.20. The summed E-state index contributed by atoms with van der Waals surface area (Å²) in [4.78, 5) is 29.7. The number of nitrogens with zero attached hydrogens (tertiary/aromatic N) is 4. The molecular formula is C30H31N7O2. The van der Waals surface area contributed by atoms with Gasteiger partial charge in [-0.15, -0.1) is 0 Å².